The minimum Gasteiger partial charge on any atom is -0.445 e. The van der Waals surface area contributed by atoms with E-state index in [1.165, 1.54) is 16.7 Å². The van der Waals surface area contributed by atoms with Crippen molar-refractivity contribution >= 4 is 11.7 Å². The lowest BCUT2D eigenvalue weighted by Crippen LogP contribution is -2.43. The van der Waals surface area contributed by atoms with E-state index in [0.29, 0.717) is 12.5 Å². The molecule has 2 aliphatic rings. The second-order valence-corrected chi connectivity index (χ2v) is 7.92. The van der Waals surface area contributed by atoms with Crippen LogP contribution in [0.1, 0.15) is 55.7 Å². The molecule has 2 atom stereocenters. The van der Waals surface area contributed by atoms with Crippen molar-refractivity contribution in [2.75, 3.05) is 0 Å². The van der Waals surface area contributed by atoms with Crippen LogP contribution in [-0.4, -0.2) is 23.1 Å². The van der Waals surface area contributed by atoms with Gasteiger partial charge in [-0.15, -0.1) is 0 Å². The number of benzene rings is 2. The molecule has 2 heterocycles. The number of ether oxygens (including phenoxy) is 1. The maximum Gasteiger partial charge on any atom is 0.410 e. The molecule has 4 rings (SSSR count). The maximum absolute atomic E-state index is 12.7. The average molecular weight is 361 g/mol. The summed E-state index contributed by atoms with van der Waals surface area (Å²) in [5.41, 5.74) is 5.04. The van der Waals surface area contributed by atoms with Crippen molar-refractivity contribution in [2.24, 2.45) is 0 Å². The molecule has 27 heavy (non-hydrogen) atoms. The predicted octanol–water partition coefficient (Wildman–Crippen LogP) is 5.77. The third-order valence-corrected chi connectivity index (χ3v) is 5.76. The summed E-state index contributed by atoms with van der Waals surface area (Å²) in [6.45, 7) is 4.77. The number of carbonyl (C=O) groups is 1. The molecular formula is C24H27NO2. The number of hydrogen-bond acceptors (Lipinski definition) is 2. The first kappa shape index (κ1) is 17.8. The smallest absolute Gasteiger partial charge is 0.410 e. The van der Waals surface area contributed by atoms with Gasteiger partial charge < -0.3 is 4.74 Å². The fraction of sp³-hybridized carbons (Fsp3) is 0.375. The van der Waals surface area contributed by atoms with Crippen LogP contribution < -0.4 is 0 Å². The lowest BCUT2D eigenvalue weighted by molar-refractivity contribution is 0.0832. The van der Waals surface area contributed by atoms with Crippen molar-refractivity contribution in [1.82, 2.24) is 4.90 Å². The lowest BCUT2D eigenvalue weighted by atomic mass is 9.93. The second-order valence-electron chi connectivity index (χ2n) is 7.92. The third kappa shape index (κ3) is 3.78. The van der Waals surface area contributed by atoms with E-state index in [9.17, 15) is 4.79 Å². The number of rotatable bonds is 4. The first-order valence-electron chi connectivity index (χ1n) is 9.92. The second kappa shape index (κ2) is 7.59. The highest BCUT2D eigenvalue weighted by Gasteiger charge is 2.40. The number of amides is 1. The van der Waals surface area contributed by atoms with E-state index in [4.69, 9.17) is 4.74 Å². The van der Waals surface area contributed by atoms with Crippen molar-refractivity contribution in [3.05, 3.63) is 77.4 Å². The van der Waals surface area contributed by atoms with Gasteiger partial charge in [0.05, 0.1) is 6.04 Å². The van der Waals surface area contributed by atoms with Crippen LogP contribution in [0.5, 0.6) is 0 Å². The first-order valence-corrected chi connectivity index (χ1v) is 9.92. The monoisotopic (exact) mass is 361 g/mol. The van der Waals surface area contributed by atoms with Crippen LogP contribution in [0.4, 0.5) is 4.79 Å². The van der Waals surface area contributed by atoms with Gasteiger partial charge >= 0.3 is 6.09 Å². The third-order valence-electron chi connectivity index (χ3n) is 5.76. The topological polar surface area (TPSA) is 29.5 Å². The van der Waals surface area contributed by atoms with Crippen LogP contribution in [-0.2, 0) is 11.3 Å². The molecule has 140 valence electrons. The summed E-state index contributed by atoms with van der Waals surface area (Å²) >= 11 is 0. The SMILES string of the molecule is CC(C)c1ccc(C2=CC3CCC(C2)N3C(=O)OCc2ccccc2)cc1. The van der Waals surface area contributed by atoms with E-state index in [-0.39, 0.29) is 18.2 Å². The fourth-order valence-corrected chi connectivity index (χ4v) is 4.20. The standard InChI is InChI=1S/C24H27NO2/c1-17(2)19-8-10-20(11-9-19)21-14-22-12-13-23(15-21)25(22)24(26)27-16-18-6-4-3-5-7-18/h3-11,14,17,22-23H,12-13,15-16H2,1-2H3. The molecule has 0 spiro atoms. The van der Waals surface area contributed by atoms with E-state index >= 15 is 0 Å². The van der Waals surface area contributed by atoms with Gasteiger partial charge in [-0.3, -0.25) is 4.90 Å². The minimum absolute atomic E-state index is 0.159. The Balaban J connectivity index is 1.45. The number of carbonyl (C=O) groups excluding carboxylic acids is 1. The largest absolute Gasteiger partial charge is 0.445 e. The Kier molecular flexibility index (Phi) is 5.02. The highest BCUT2D eigenvalue weighted by molar-refractivity contribution is 5.75. The minimum atomic E-state index is -0.184. The van der Waals surface area contributed by atoms with Crippen molar-refractivity contribution in [2.45, 2.75) is 57.7 Å². The molecule has 0 aromatic heterocycles. The summed E-state index contributed by atoms with van der Waals surface area (Å²) in [6, 6.07) is 19.2. The number of hydrogen-bond donors (Lipinski definition) is 0. The Hall–Kier alpha value is -2.55. The molecular weight excluding hydrogens is 334 g/mol. The Labute approximate surface area is 161 Å². The Morgan fingerprint density at radius 3 is 2.48 bits per heavy atom. The van der Waals surface area contributed by atoms with E-state index in [0.717, 1.165) is 24.8 Å². The van der Waals surface area contributed by atoms with Crippen molar-refractivity contribution in [3.8, 4) is 0 Å². The van der Waals surface area contributed by atoms with Crippen molar-refractivity contribution in [1.29, 1.82) is 0 Å². The molecule has 1 amide bonds. The molecule has 3 heteroatoms. The molecule has 2 aromatic carbocycles. The van der Waals surface area contributed by atoms with Crippen LogP contribution in [0.2, 0.25) is 0 Å². The molecule has 0 radical (unpaired) electrons. The molecule has 2 aromatic rings. The number of nitrogens with zero attached hydrogens (tertiary/aromatic N) is 1. The van der Waals surface area contributed by atoms with Crippen molar-refractivity contribution < 1.29 is 9.53 Å². The molecule has 2 unspecified atom stereocenters. The summed E-state index contributed by atoms with van der Waals surface area (Å²) in [5.74, 6) is 0.547. The van der Waals surface area contributed by atoms with E-state index in [2.05, 4.69) is 44.2 Å². The molecule has 0 saturated carbocycles. The zero-order valence-electron chi connectivity index (χ0n) is 16.1. The summed E-state index contributed by atoms with van der Waals surface area (Å²) < 4.78 is 5.59. The quantitative estimate of drug-likeness (QED) is 0.692. The number of fused-ring (bicyclic) bond motifs is 2. The summed E-state index contributed by atoms with van der Waals surface area (Å²) in [4.78, 5) is 14.6. The highest BCUT2D eigenvalue weighted by Crippen LogP contribution is 2.39. The van der Waals surface area contributed by atoms with E-state index in [1.54, 1.807) is 0 Å². The zero-order chi connectivity index (χ0) is 18.8. The normalized spacial score (nSPS) is 21.3. The molecule has 2 bridgehead atoms. The fourth-order valence-electron chi connectivity index (χ4n) is 4.20. The van der Waals surface area contributed by atoms with Gasteiger partial charge in [-0.05, 0) is 47.4 Å². The maximum atomic E-state index is 12.7. The Morgan fingerprint density at radius 2 is 1.81 bits per heavy atom. The lowest BCUT2D eigenvalue weighted by Gasteiger charge is -2.33. The van der Waals surface area contributed by atoms with Gasteiger partial charge in [0, 0.05) is 6.04 Å². The average Bonchev–Trinajstić information content (AvgIpc) is 2.96. The van der Waals surface area contributed by atoms with Crippen LogP contribution in [0.25, 0.3) is 5.57 Å². The van der Waals surface area contributed by atoms with E-state index < -0.39 is 0 Å². The highest BCUT2D eigenvalue weighted by atomic mass is 16.6. The summed E-state index contributed by atoms with van der Waals surface area (Å²) in [7, 11) is 0. The molecule has 1 fully saturated rings. The van der Waals surface area contributed by atoms with Crippen molar-refractivity contribution in [3.63, 3.8) is 0 Å². The van der Waals surface area contributed by atoms with Crippen LogP contribution in [0.15, 0.2) is 60.7 Å². The van der Waals surface area contributed by atoms with Gasteiger partial charge in [-0.1, -0.05) is 74.5 Å². The van der Waals surface area contributed by atoms with Crippen LogP contribution in [0, 0.1) is 0 Å². The molecule has 2 aliphatic heterocycles. The van der Waals surface area contributed by atoms with Gasteiger partial charge in [0.15, 0.2) is 0 Å². The predicted molar refractivity (Wildman–Crippen MR) is 108 cm³/mol. The van der Waals surface area contributed by atoms with Gasteiger partial charge in [-0.25, -0.2) is 4.79 Å². The summed E-state index contributed by atoms with van der Waals surface area (Å²) in [5, 5.41) is 0. The Morgan fingerprint density at radius 1 is 1.07 bits per heavy atom. The van der Waals surface area contributed by atoms with E-state index in [1.807, 2.05) is 35.2 Å². The van der Waals surface area contributed by atoms with Gasteiger partial charge in [0.1, 0.15) is 6.61 Å². The zero-order valence-corrected chi connectivity index (χ0v) is 16.1. The Bertz CT molecular complexity index is 823. The van der Waals surface area contributed by atoms with Crippen LogP contribution >= 0.6 is 0 Å². The molecule has 1 saturated heterocycles. The first-order chi connectivity index (χ1) is 13.1. The van der Waals surface area contributed by atoms with Gasteiger partial charge in [0.25, 0.3) is 0 Å². The summed E-state index contributed by atoms with van der Waals surface area (Å²) in [6.07, 6.45) is 5.08. The van der Waals surface area contributed by atoms with Gasteiger partial charge in [0.2, 0.25) is 0 Å². The molecule has 3 nitrogen and oxygen atoms in total. The molecule has 0 N–H and O–H groups in total. The van der Waals surface area contributed by atoms with Crippen LogP contribution in [0.3, 0.4) is 0 Å². The van der Waals surface area contributed by atoms with Gasteiger partial charge in [-0.2, -0.15) is 0 Å². The molecule has 0 aliphatic carbocycles.